The van der Waals surface area contributed by atoms with Crippen LogP contribution in [0.2, 0.25) is 0 Å². The van der Waals surface area contributed by atoms with Gasteiger partial charge in [-0.05, 0) is 36.4 Å². The van der Waals surface area contributed by atoms with E-state index in [1.54, 1.807) is 36.4 Å². The average molecular weight is 346 g/mol. The maximum absolute atomic E-state index is 12.4. The maximum Gasteiger partial charge on any atom is 0.337 e. The molecule has 8 heteroatoms. The number of carbonyl (C=O) groups excluding carboxylic acids is 2. The van der Waals surface area contributed by atoms with Crippen LogP contribution in [0.15, 0.2) is 53.4 Å². The largest absolute Gasteiger partial charge is 0.465 e. The van der Waals surface area contributed by atoms with Crippen LogP contribution in [0.5, 0.6) is 0 Å². The van der Waals surface area contributed by atoms with E-state index in [4.69, 9.17) is 0 Å². The summed E-state index contributed by atoms with van der Waals surface area (Å²) < 4.78 is 30.2. The number of benzene rings is 2. The van der Waals surface area contributed by atoms with Gasteiger partial charge in [0.2, 0.25) is 0 Å². The third kappa shape index (κ3) is 2.61. The van der Waals surface area contributed by atoms with E-state index in [1.807, 2.05) is 0 Å². The number of hydrogen-bond acceptors (Lipinski definition) is 6. The number of ether oxygens (including phenoxy) is 1. The van der Waals surface area contributed by atoms with Crippen molar-refractivity contribution in [1.29, 1.82) is 0 Å². The number of esters is 1. The lowest BCUT2D eigenvalue weighted by molar-refractivity contribution is 0.0600. The number of anilines is 1. The SMILES string of the molecule is COC(=O)c1ccc(NCN2C(=O)c3ccccc3S2(=O)=O)cc1. The highest BCUT2D eigenvalue weighted by atomic mass is 32.2. The van der Waals surface area contributed by atoms with Gasteiger partial charge in [-0.2, -0.15) is 0 Å². The summed E-state index contributed by atoms with van der Waals surface area (Å²) in [7, 11) is -2.56. The molecule has 1 heterocycles. The van der Waals surface area contributed by atoms with Crippen molar-refractivity contribution in [2.45, 2.75) is 4.90 Å². The van der Waals surface area contributed by atoms with Crippen LogP contribution in [0, 0.1) is 0 Å². The first-order chi connectivity index (χ1) is 11.4. The van der Waals surface area contributed by atoms with Crippen molar-refractivity contribution in [2.75, 3.05) is 19.1 Å². The number of sulfonamides is 1. The predicted octanol–water partition coefficient (Wildman–Crippen LogP) is 1.69. The first kappa shape index (κ1) is 16.0. The second-order valence-electron chi connectivity index (χ2n) is 5.06. The highest BCUT2D eigenvalue weighted by Gasteiger charge is 2.40. The second-order valence-corrected chi connectivity index (χ2v) is 6.89. The molecule has 3 rings (SSSR count). The van der Waals surface area contributed by atoms with Crippen LogP contribution in [-0.4, -0.2) is 38.4 Å². The van der Waals surface area contributed by atoms with Crippen LogP contribution >= 0.6 is 0 Å². The Kier molecular flexibility index (Phi) is 3.98. The molecule has 0 fully saturated rings. The molecule has 7 nitrogen and oxygen atoms in total. The fraction of sp³-hybridized carbons (Fsp3) is 0.125. The van der Waals surface area contributed by atoms with E-state index in [0.717, 1.165) is 4.31 Å². The van der Waals surface area contributed by atoms with Gasteiger partial charge in [-0.1, -0.05) is 12.1 Å². The molecule has 0 radical (unpaired) electrons. The minimum Gasteiger partial charge on any atom is -0.465 e. The number of nitrogens with one attached hydrogen (secondary N) is 1. The molecule has 0 unspecified atom stereocenters. The Bertz CT molecular complexity index is 906. The number of carbonyl (C=O) groups is 2. The molecule has 2 aromatic carbocycles. The molecule has 1 amide bonds. The van der Waals surface area contributed by atoms with Crippen molar-refractivity contribution in [3.8, 4) is 0 Å². The summed E-state index contributed by atoms with van der Waals surface area (Å²) >= 11 is 0. The molecule has 1 aliphatic heterocycles. The van der Waals surface area contributed by atoms with E-state index in [1.165, 1.54) is 19.2 Å². The number of hydrogen-bond donors (Lipinski definition) is 1. The Morgan fingerprint density at radius 3 is 2.42 bits per heavy atom. The molecule has 0 aromatic heterocycles. The summed E-state index contributed by atoms with van der Waals surface area (Å²) in [6.07, 6.45) is 0. The van der Waals surface area contributed by atoms with Gasteiger partial charge in [-0.3, -0.25) is 4.79 Å². The van der Waals surface area contributed by atoms with E-state index in [-0.39, 0.29) is 17.1 Å². The lowest BCUT2D eigenvalue weighted by Gasteiger charge is -2.16. The number of rotatable bonds is 4. The lowest BCUT2D eigenvalue weighted by Crippen LogP contribution is -2.34. The van der Waals surface area contributed by atoms with Gasteiger partial charge < -0.3 is 10.1 Å². The standard InChI is InChI=1S/C16H14N2O5S/c1-23-16(20)11-6-8-12(9-7-11)17-10-18-15(19)13-4-2-3-5-14(13)24(18,21)22/h2-9,17H,10H2,1H3. The smallest absolute Gasteiger partial charge is 0.337 e. The molecule has 24 heavy (non-hydrogen) atoms. The normalized spacial score (nSPS) is 15.0. The fourth-order valence-electron chi connectivity index (χ4n) is 2.39. The Balaban J connectivity index is 1.76. The average Bonchev–Trinajstić information content (AvgIpc) is 2.80. The van der Waals surface area contributed by atoms with Gasteiger partial charge in [0.25, 0.3) is 15.9 Å². The van der Waals surface area contributed by atoms with Gasteiger partial charge in [0.15, 0.2) is 0 Å². The molecule has 0 aliphatic carbocycles. The van der Waals surface area contributed by atoms with Gasteiger partial charge in [-0.25, -0.2) is 17.5 Å². The summed E-state index contributed by atoms with van der Waals surface area (Å²) in [5.74, 6) is -1.03. The molecule has 1 N–H and O–H groups in total. The van der Waals surface area contributed by atoms with E-state index >= 15 is 0 Å². The third-order valence-electron chi connectivity index (χ3n) is 3.64. The molecular weight excluding hydrogens is 332 g/mol. The highest BCUT2D eigenvalue weighted by Crippen LogP contribution is 2.29. The Labute approximate surface area is 138 Å². The summed E-state index contributed by atoms with van der Waals surface area (Å²) in [6, 6.07) is 12.4. The van der Waals surface area contributed by atoms with Crippen LogP contribution in [0.1, 0.15) is 20.7 Å². The molecule has 0 saturated heterocycles. The van der Waals surface area contributed by atoms with E-state index in [2.05, 4.69) is 10.1 Å². The van der Waals surface area contributed by atoms with Crippen molar-refractivity contribution in [3.63, 3.8) is 0 Å². The number of nitrogens with zero attached hydrogens (tertiary/aromatic N) is 1. The zero-order valence-electron chi connectivity index (χ0n) is 12.7. The van der Waals surface area contributed by atoms with Crippen molar-refractivity contribution >= 4 is 27.6 Å². The van der Waals surface area contributed by atoms with E-state index < -0.39 is 21.9 Å². The Hall–Kier alpha value is -2.87. The molecule has 0 spiro atoms. The monoisotopic (exact) mass is 346 g/mol. The van der Waals surface area contributed by atoms with Gasteiger partial charge in [-0.15, -0.1) is 0 Å². The molecule has 124 valence electrons. The molecule has 1 aliphatic rings. The quantitative estimate of drug-likeness (QED) is 0.847. The van der Waals surface area contributed by atoms with Gasteiger partial charge >= 0.3 is 5.97 Å². The Morgan fingerprint density at radius 2 is 1.79 bits per heavy atom. The van der Waals surface area contributed by atoms with Crippen molar-refractivity contribution in [1.82, 2.24) is 4.31 Å². The maximum atomic E-state index is 12.4. The van der Waals surface area contributed by atoms with Crippen LogP contribution < -0.4 is 5.32 Å². The highest BCUT2D eigenvalue weighted by molar-refractivity contribution is 7.90. The summed E-state index contributed by atoms with van der Waals surface area (Å²) in [5.41, 5.74) is 1.11. The molecule has 2 aromatic rings. The van der Waals surface area contributed by atoms with Crippen LogP contribution in [0.3, 0.4) is 0 Å². The Morgan fingerprint density at radius 1 is 1.12 bits per heavy atom. The van der Waals surface area contributed by atoms with Gasteiger partial charge in [0.05, 0.1) is 18.2 Å². The molecule has 0 atom stereocenters. The lowest BCUT2D eigenvalue weighted by atomic mass is 10.2. The fourth-order valence-corrected chi connectivity index (χ4v) is 3.86. The molecule has 0 bridgehead atoms. The summed E-state index contributed by atoms with van der Waals surface area (Å²) in [4.78, 5) is 23.6. The number of amides is 1. The zero-order chi connectivity index (χ0) is 17.3. The van der Waals surface area contributed by atoms with E-state index in [9.17, 15) is 18.0 Å². The first-order valence-corrected chi connectivity index (χ1v) is 8.47. The summed E-state index contributed by atoms with van der Waals surface area (Å²) in [6.45, 7) is -0.201. The van der Waals surface area contributed by atoms with E-state index in [0.29, 0.717) is 11.3 Å². The van der Waals surface area contributed by atoms with Crippen molar-refractivity contribution in [3.05, 3.63) is 59.7 Å². The number of methoxy groups -OCH3 is 1. The zero-order valence-corrected chi connectivity index (χ0v) is 13.5. The predicted molar refractivity (Wildman–Crippen MR) is 86.1 cm³/mol. The second kappa shape index (κ2) is 5.97. The molecular formula is C16H14N2O5S. The summed E-state index contributed by atoms with van der Waals surface area (Å²) in [5, 5.41) is 2.87. The van der Waals surface area contributed by atoms with Crippen LogP contribution in [0.25, 0.3) is 0 Å². The number of fused-ring (bicyclic) bond motifs is 1. The van der Waals surface area contributed by atoms with Gasteiger partial charge in [0, 0.05) is 5.69 Å². The first-order valence-electron chi connectivity index (χ1n) is 7.03. The van der Waals surface area contributed by atoms with Crippen molar-refractivity contribution < 1.29 is 22.7 Å². The van der Waals surface area contributed by atoms with Gasteiger partial charge in [0.1, 0.15) is 11.6 Å². The topological polar surface area (TPSA) is 92.8 Å². The van der Waals surface area contributed by atoms with Crippen molar-refractivity contribution in [2.24, 2.45) is 0 Å². The van der Waals surface area contributed by atoms with Crippen LogP contribution in [0.4, 0.5) is 5.69 Å². The third-order valence-corrected chi connectivity index (χ3v) is 5.43. The molecule has 0 saturated carbocycles. The van der Waals surface area contributed by atoms with Crippen LogP contribution in [-0.2, 0) is 14.8 Å². The minimum absolute atomic E-state index is 0.0119. The minimum atomic E-state index is -3.84.